The van der Waals surface area contributed by atoms with E-state index in [1.165, 1.54) is 5.56 Å². The predicted molar refractivity (Wildman–Crippen MR) is 129 cm³/mol. The van der Waals surface area contributed by atoms with E-state index in [4.69, 9.17) is 0 Å². The number of phenolic OH excluding ortho intramolecular Hbond substituents is 1. The van der Waals surface area contributed by atoms with E-state index in [1.54, 1.807) is 7.05 Å². The van der Waals surface area contributed by atoms with Crippen molar-refractivity contribution in [3.8, 4) is 5.75 Å². The Bertz CT molecular complexity index is 1140. The zero-order valence-corrected chi connectivity index (χ0v) is 20.3. The molecule has 5 heteroatoms. The number of nitrogens with zero attached hydrogens (tertiary/aromatic N) is 3. The number of Topliss-reactive ketones (excluding diaryl/α,β-unsaturated/α-hetero) is 1. The summed E-state index contributed by atoms with van der Waals surface area (Å²) in [6, 6.07) is 13.9. The van der Waals surface area contributed by atoms with Crippen LogP contribution in [0.15, 0.2) is 59.9 Å². The first-order valence-electron chi connectivity index (χ1n) is 11.1. The van der Waals surface area contributed by atoms with Crippen molar-refractivity contribution in [2.45, 2.75) is 65.5 Å². The standard InChI is InChI=1S/C27H35N3O2/c1-26(2,3)21-15-20(16-22(24(21)32)27(4,5)6)23(31)18-30-14-13-29(25(30)28-7)17-19-11-9-8-10-12-19/h8-16,32H,17-18H2,1-7H3. The summed E-state index contributed by atoms with van der Waals surface area (Å²) in [4.78, 5) is 17.8. The molecule has 170 valence electrons. The molecule has 1 N–H and O–H groups in total. The predicted octanol–water partition coefficient (Wildman–Crippen LogP) is 5.05. The van der Waals surface area contributed by atoms with Gasteiger partial charge in [-0.2, -0.15) is 0 Å². The molecule has 0 saturated carbocycles. The van der Waals surface area contributed by atoms with E-state index in [0.29, 0.717) is 12.1 Å². The first-order valence-corrected chi connectivity index (χ1v) is 11.1. The van der Waals surface area contributed by atoms with Crippen molar-refractivity contribution < 1.29 is 9.90 Å². The van der Waals surface area contributed by atoms with Crippen LogP contribution in [-0.2, 0) is 23.9 Å². The molecule has 1 aromatic heterocycles. The van der Waals surface area contributed by atoms with Crippen molar-refractivity contribution >= 4 is 5.78 Å². The van der Waals surface area contributed by atoms with Crippen LogP contribution in [-0.4, -0.2) is 27.1 Å². The van der Waals surface area contributed by atoms with E-state index < -0.39 is 0 Å². The topological polar surface area (TPSA) is 59.5 Å². The molecule has 0 saturated heterocycles. The van der Waals surface area contributed by atoms with Crippen LogP contribution in [0, 0.1) is 0 Å². The summed E-state index contributed by atoms with van der Waals surface area (Å²) in [5.41, 5.74) is 3.55. The Morgan fingerprint density at radius 2 is 1.44 bits per heavy atom. The van der Waals surface area contributed by atoms with Crippen LogP contribution in [0.5, 0.6) is 5.75 Å². The van der Waals surface area contributed by atoms with E-state index in [2.05, 4.69) is 58.7 Å². The number of rotatable bonds is 5. The second kappa shape index (κ2) is 8.81. The Balaban J connectivity index is 1.97. The lowest BCUT2D eigenvalue weighted by Crippen LogP contribution is -2.29. The molecular weight excluding hydrogens is 398 g/mol. The van der Waals surface area contributed by atoms with Crippen LogP contribution in [0.3, 0.4) is 0 Å². The smallest absolute Gasteiger partial charge is 0.205 e. The normalized spacial score (nSPS) is 12.9. The molecule has 0 fully saturated rings. The van der Waals surface area contributed by atoms with Gasteiger partial charge < -0.3 is 14.2 Å². The number of ketones is 1. The highest BCUT2D eigenvalue weighted by molar-refractivity contribution is 5.96. The summed E-state index contributed by atoms with van der Waals surface area (Å²) < 4.78 is 3.92. The summed E-state index contributed by atoms with van der Waals surface area (Å²) in [6.45, 7) is 13.2. The Morgan fingerprint density at radius 3 is 1.94 bits per heavy atom. The average Bonchev–Trinajstić information content (AvgIpc) is 3.08. The number of hydrogen-bond acceptors (Lipinski definition) is 3. The van der Waals surface area contributed by atoms with Gasteiger partial charge in [0.1, 0.15) is 5.75 Å². The second-order valence-corrected chi connectivity index (χ2v) is 10.4. The minimum absolute atomic E-state index is 0.00615. The zero-order chi connectivity index (χ0) is 23.7. The third kappa shape index (κ3) is 5.04. The van der Waals surface area contributed by atoms with Crippen molar-refractivity contribution in [2.24, 2.45) is 4.99 Å². The molecule has 2 aromatic carbocycles. The molecule has 0 radical (unpaired) electrons. The molecular formula is C27H35N3O2. The van der Waals surface area contributed by atoms with Crippen LogP contribution in [0.1, 0.15) is 68.6 Å². The molecule has 5 nitrogen and oxygen atoms in total. The lowest BCUT2D eigenvalue weighted by Gasteiger charge is -2.28. The van der Waals surface area contributed by atoms with Crippen molar-refractivity contribution in [3.05, 3.63) is 82.7 Å². The maximum absolute atomic E-state index is 13.4. The van der Waals surface area contributed by atoms with Crippen LogP contribution in [0.2, 0.25) is 0 Å². The number of hydrogen-bond donors (Lipinski definition) is 1. The van der Waals surface area contributed by atoms with Gasteiger partial charge in [-0.1, -0.05) is 71.9 Å². The molecule has 32 heavy (non-hydrogen) atoms. The summed E-state index contributed by atoms with van der Waals surface area (Å²) in [5.74, 6) is 0.279. The highest BCUT2D eigenvalue weighted by Crippen LogP contribution is 2.39. The van der Waals surface area contributed by atoms with Crippen LogP contribution in [0.4, 0.5) is 0 Å². The summed E-state index contributed by atoms with van der Waals surface area (Å²) in [7, 11) is 1.74. The molecule has 3 rings (SSSR count). The first kappa shape index (κ1) is 23.6. The Morgan fingerprint density at radius 1 is 0.906 bits per heavy atom. The van der Waals surface area contributed by atoms with Crippen LogP contribution >= 0.6 is 0 Å². The molecule has 0 amide bonds. The highest BCUT2D eigenvalue weighted by Gasteiger charge is 2.27. The van der Waals surface area contributed by atoms with Gasteiger partial charge in [0, 0.05) is 36.1 Å². The molecule has 3 aromatic rings. The number of phenols is 1. The summed E-state index contributed by atoms with van der Waals surface area (Å²) >= 11 is 0. The van der Waals surface area contributed by atoms with E-state index in [0.717, 1.165) is 16.7 Å². The van der Waals surface area contributed by atoms with Crippen molar-refractivity contribution in [2.75, 3.05) is 7.05 Å². The molecule has 0 aliphatic heterocycles. The van der Waals surface area contributed by atoms with Gasteiger partial charge in [-0.25, -0.2) is 0 Å². The van der Waals surface area contributed by atoms with Gasteiger partial charge in [0.15, 0.2) is 5.78 Å². The molecule has 0 aliphatic rings. The maximum atomic E-state index is 13.4. The van der Waals surface area contributed by atoms with Crippen LogP contribution in [0.25, 0.3) is 0 Å². The number of carbonyl (C=O) groups excluding carboxylic acids is 1. The van der Waals surface area contributed by atoms with Crippen molar-refractivity contribution in [1.82, 2.24) is 9.13 Å². The fourth-order valence-electron chi connectivity index (χ4n) is 3.93. The zero-order valence-electron chi connectivity index (χ0n) is 20.3. The Hall–Kier alpha value is -3.08. The van der Waals surface area contributed by atoms with Gasteiger partial charge in [0.05, 0.1) is 13.1 Å². The van der Waals surface area contributed by atoms with Gasteiger partial charge in [0.25, 0.3) is 0 Å². The number of carbonyl (C=O) groups is 1. The third-order valence-electron chi connectivity index (χ3n) is 5.70. The number of aromatic nitrogens is 2. The minimum atomic E-state index is -0.281. The van der Waals surface area contributed by atoms with E-state index >= 15 is 0 Å². The van der Waals surface area contributed by atoms with E-state index in [-0.39, 0.29) is 28.9 Å². The molecule has 0 bridgehead atoms. The lowest BCUT2D eigenvalue weighted by molar-refractivity contribution is 0.0970. The average molecular weight is 434 g/mol. The van der Waals surface area contributed by atoms with Gasteiger partial charge >= 0.3 is 0 Å². The monoisotopic (exact) mass is 433 g/mol. The molecule has 0 spiro atoms. The Kier molecular flexibility index (Phi) is 6.49. The van der Waals surface area contributed by atoms with Crippen molar-refractivity contribution in [3.63, 3.8) is 0 Å². The third-order valence-corrected chi connectivity index (χ3v) is 5.70. The molecule has 0 aliphatic carbocycles. The summed E-state index contributed by atoms with van der Waals surface area (Å²) in [6.07, 6.45) is 3.86. The van der Waals surface area contributed by atoms with E-state index in [9.17, 15) is 9.90 Å². The maximum Gasteiger partial charge on any atom is 0.205 e. The highest BCUT2D eigenvalue weighted by atomic mass is 16.3. The van der Waals surface area contributed by atoms with E-state index in [1.807, 2.05) is 51.9 Å². The van der Waals surface area contributed by atoms with Crippen LogP contribution < -0.4 is 5.62 Å². The minimum Gasteiger partial charge on any atom is -0.507 e. The van der Waals surface area contributed by atoms with Crippen molar-refractivity contribution in [1.29, 1.82) is 0 Å². The fraction of sp³-hybridized carbons (Fsp3) is 0.407. The molecule has 1 heterocycles. The number of imidazole rings is 1. The van der Waals surface area contributed by atoms with Gasteiger partial charge in [-0.3, -0.25) is 9.79 Å². The van der Waals surface area contributed by atoms with Gasteiger partial charge in [-0.05, 0) is 28.5 Å². The second-order valence-electron chi connectivity index (χ2n) is 10.4. The Labute approximate surface area is 191 Å². The fourth-order valence-corrected chi connectivity index (χ4v) is 3.93. The van der Waals surface area contributed by atoms with Gasteiger partial charge in [0.2, 0.25) is 5.62 Å². The van der Waals surface area contributed by atoms with Gasteiger partial charge in [-0.15, -0.1) is 0 Å². The molecule has 0 unspecified atom stereocenters. The quantitative estimate of drug-likeness (QED) is 0.572. The summed E-state index contributed by atoms with van der Waals surface area (Å²) in [5, 5.41) is 10.9. The lowest BCUT2D eigenvalue weighted by atomic mass is 9.78. The SMILES string of the molecule is CN=c1n(CC(=O)c2cc(C(C)(C)C)c(O)c(C(C)(C)C)c2)ccn1Cc1ccccc1. The first-order chi connectivity index (χ1) is 14.9. The number of aromatic hydroxyl groups is 1. The largest absolute Gasteiger partial charge is 0.507 e. The molecule has 0 atom stereocenters. The number of benzene rings is 2.